The lowest BCUT2D eigenvalue weighted by Crippen LogP contribution is -2.10. The molecule has 1 aliphatic heterocycles. The summed E-state index contributed by atoms with van der Waals surface area (Å²) in [5, 5.41) is 10.7. The van der Waals surface area contributed by atoms with Gasteiger partial charge in [-0.15, -0.1) is 0 Å². The van der Waals surface area contributed by atoms with Crippen LogP contribution in [0.5, 0.6) is 5.75 Å². The van der Waals surface area contributed by atoms with Gasteiger partial charge in [0.25, 0.3) is 0 Å². The van der Waals surface area contributed by atoms with Gasteiger partial charge in [-0.1, -0.05) is 41.9 Å². The maximum Gasteiger partial charge on any atom is 0.124 e. The van der Waals surface area contributed by atoms with E-state index in [2.05, 4.69) is 4.99 Å². The second-order valence-electron chi connectivity index (χ2n) is 5.42. The first kappa shape index (κ1) is 14.8. The molecule has 2 aromatic carbocycles. The van der Waals surface area contributed by atoms with E-state index in [9.17, 15) is 5.11 Å². The molecule has 0 saturated heterocycles. The predicted octanol–water partition coefficient (Wildman–Crippen LogP) is 4.12. The third kappa shape index (κ3) is 3.20. The van der Waals surface area contributed by atoms with Crippen LogP contribution >= 0.6 is 11.6 Å². The van der Waals surface area contributed by atoms with Crippen LogP contribution < -0.4 is 0 Å². The maximum atomic E-state index is 10.1. The van der Waals surface area contributed by atoms with Crippen molar-refractivity contribution in [2.45, 2.75) is 19.4 Å². The van der Waals surface area contributed by atoms with E-state index >= 15 is 0 Å². The standard InChI is InChI=1S/C18H17ClN2O/c1-12-11-20-16(13-5-3-2-4-6-13)10-17(21-12)15-9-14(19)7-8-18(15)22/h2-9,12,22H,10-11H2,1H3/t12-/m1/s1. The fourth-order valence-electron chi connectivity index (χ4n) is 2.54. The molecule has 1 N–H and O–H groups in total. The lowest BCUT2D eigenvalue weighted by Gasteiger charge is -2.10. The molecule has 0 unspecified atom stereocenters. The zero-order valence-electron chi connectivity index (χ0n) is 12.3. The summed E-state index contributed by atoms with van der Waals surface area (Å²) in [5.74, 6) is 0.199. The lowest BCUT2D eigenvalue weighted by molar-refractivity contribution is 0.474. The van der Waals surface area contributed by atoms with Crippen LogP contribution in [0.1, 0.15) is 24.5 Å². The van der Waals surface area contributed by atoms with Crippen LogP contribution in [0.2, 0.25) is 5.02 Å². The summed E-state index contributed by atoms with van der Waals surface area (Å²) < 4.78 is 0. The van der Waals surface area contributed by atoms with Crippen molar-refractivity contribution in [1.29, 1.82) is 0 Å². The van der Waals surface area contributed by atoms with Gasteiger partial charge in [0.2, 0.25) is 0 Å². The van der Waals surface area contributed by atoms with E-state index in [1.807, 2.05) is 37.3 Å². The van der Waals surface area contributed by atoms with Crippen LogP contribution in [-0.2, 0) is 0 Å². The molecule has 4 heteroatoms. The number of aliphatic imine (C=N–C) groups is 2. The number of hydrogen-bond acceptors (Lipinski definition) is 3. The van der Waals surface area contributed by atoms with Crippen molar-refractivity contribution in [2.75, 3.05) is 6.54 Å². The van der Waals surface area contributed by atoms with Crippen LogP contribution in [0.4, 0.5) is 0 Å². The number of halogens is 1. The molecule has 0 amide bonds. The first-order valence-corrected chi connectivity index (χ1v) is 7.65. The van der Waals surface area contributed by atoms with Crippen LogP contribution in [0.25, 0.3) is 0 Å². The van der Waals surface area contributed by atoms with Crippen molar-refractivity contribution in [3.05, 3.63) is 64.7 Å². The average molecular weight is 313 g/mol. The minimum Gasteiger partial charge on any atom is -0.507 e. The quantitative estimate of drug-likeness (QED) is 0.891. The van der Waals surface area contributed by atoms with Gasteiger partial charge in [-0.25, -0.2) is 0 Å². The van der Waals surface area contributed by atoms with Crippen LogP contribution in [0, 0.1) is 0 Å². The molecular formula is C18H17ClN2O. The van der Waals surface area contributed by atoms with Gasteiger partial charge in [-0.2, -0.15) is 0 Å². The van der Waals surface area contributed by atoms with Gasteiger partial charge in [-0.05, 0) is 30.7 Å². The van der Waals surface area contributed by atoms with Crippen LogP contribution in [0.15, 0.2) is 58.5 Å². The monoisotopic (exact) mass is 312 g/mol. The zero-order valence-corrected chi connectivity index (χ0v) is 13.1. The molecule has 0 saturated carbocycles. The van der Waals surface area contributed by atoms with E-state index in [1.54, 1.807) is 18.2 Å². The molecule has 1 aliphatic rings. The third-order valence-corrected chi connectivity index (χ3v) is 3.87. The number of rotatable bonds is 2. The second-order valence-corrected chi connectivity index (χ2v) is 5.85. The minimum atomic E-state index is 0.0783. The summed E-state index contributed by atoms with van der Waals surface area (Å²) in [6.07, 6.45) is 0.586. The van der Waals surface area contributed by atoms with Crippen molar-refractivity contribution in [3.8, 4) is 5.75 Å². The Labute approximate surface area is 135 Å². The van der Waals surface area contributed by atoms with Crippen LogP contribution in [-0.4, -0.2) is 29.1 Å². The summed E-state index contributed by atoms with van der Waals surface area (Å²) in [5.41, 5.74) is 3.59. The Morgan fingerprint density at radius 3 is 2.64 bits per heavy atom. The summed E-state index contributed by atoms with van der Waals surface area (Å²) in [6, 6.07) is 15.2. The highest BCUT2D eigenvalue weighted by atomic mass is 35.5. The van der Waals surface area contributed by atoms with Gasteiger partial charge in [-0.3, -0.25) is 9.98 Å². The Balaban J connectivity index is 2.01. The largest absolute Gasteiger partial charge is 0.507 e. The molecule has 2 aromatic rings. The number of aromatic hydroxyl groups is 1. The summed E-state index contributed by atoms with van der Waals surface area (Å²) in [4.78, 5) is 9.40. The Hall–Kier alpha value is -2.13. The van der Waals surface area contributed by atoms with E-state index in [1.165, 1.54) is 0 Å². The number of phenols is 1. The van der Waals surface area contributed by atoms with Crippen molar-refractivity contribution >= 4 is 23.0 Å². The van der Waals surface area contributed by atoms with Gasteiger partial charge in [0.15, 0.2) is 0 Å². The molecule has 0 radical (unpaired) electrons. The average Bonchev–Trinajstić information content (AvgIpc) is 2.72. The molecule has 1 atom stereocenters. The van der Waals surface area contributed by atoms with E-state index in [0.717, 1.165) is 17.0 Å². The topological polar surface area (TPSA) is 45.0 Å². The molecular weight excluding hydrogens is 296 g/mol. The van der Waals surface area contributed by atoms with E-state index in [-0.39, 0.29) is 11.8 Å². The Bertz CT molecular complexity index is 738. The number of hydrogen-bond donors (Lipinski definition) is 1. The normalized spacial score (nSPS) is 18.4. The van der Waals surface area contributed by atoms with Gasteiger partial charge < -0.3 is 5.11 Å². The molecule has 0 fully saturated rings. The molecule has 0 aliphatic carbocycles. The molecule has 3 rings (SSSR count). The molecule has 3 nitrogen and oxygen atoms in total. The first-order chi connectivity index (χ1) is 10.6. The molecule has 1 heterocycles. The van der Waals surface area contributed by atoms with E-state index in [0.29, 0.717) is 23.6 Å². The fourth-order valence-corrected chi connectivity index (χ4v) is 2.71. The van der Waals surface area contributed by atoms with Gasteiger partial charge in [0.05, 0.1) is 18.3 Å². The molecule has 0 bridgehead atoms. The Morgan fingerprint density at radius 2 is 1.86 bits per heavy atom. The predicted molar refractivity (Wildman–Crippen MR) is 91.6 cm³/mol. The number of nitrogens with zero attached hydrogens (tertiary/aromatic N) is 2. The second kappa shape index (κ2) is 6.32. The first-order valence-electron chi connectivity index (χ1n) is 7.28. The van der Waals surface area contributed by atoms with Crippen molar-refractivity contribution in [1.82, 2.24) is 0 Å². The highest BCUT2D eigenvalue weighted by molar-refractivity contribution is 6.31. The number of phenolic OH excluding ortho intramolecular Hbond substituents is 1. The highest BCUT2D eigenvalue weighted by Crippen LogP contribution is 2.25. The highest BCUT2D eigenvalue weighted by Gasteiger charge is 2.18. The van der Waals surface area contributed by atoms with Crippen molar-refractivity contribution in [3.63, 3.8) is 0 Å². The Kier molecular flexibility index (Phi) is 4.25. The molecule has 22 heavy (non-hydrogen) atoms. The fraction of sp³-hybridized carbons (Fsp3) is 0.222. The zero-order chi connectivity index (χ0) is 15.5. The molecule has 0 aromatic heterocycles. The maximum absolute atomic E-state index is 10.1. The van der Waals surface area contributed by atoms with Crippen molar-refractivity contribution < 1.29 is 5.11 Å². The third-order valence-electron chi connectivity index (χ3n) is 3.63. The van der Waals surface area contributed by atoms with Gasteiger partial charge >= 0.3 is 0 Å². The lowest BCUT2D eigenvalue weighted by atomic mass is 9.99. The van der Waals surface area contributed by atoms with Crippen molar-refractivity contribution in [2.24, 2.45) is 9.98 Å². The SMILES string of the molecule is C[C@@H]1CN=C(c2ccccc2)CC(c2cc(Cl)ccc2O)=N1. The minimum absolute atomic E-state index is 0.0783. The smallest absolute Gasteiger partial charge is 0.124 e. The number of benzene rings is 2. The Morgan fingerprint density at radius 1 is 1.09 bits per heavy atom. The summed E-state index contributed by atoms with van der Waals surface area (Å²) in [7, 11) is 0. The van der Waals surface area contributed by atoms with E-state index < -0.39 is 0 Å². The van der Waals surface area contributed by atoms with Gasteiger partial charge in [0, 0.05) is 22.7 Å². The molecule has 0 spiro atoms. The van der Waals surface area contributed by atoms with Gasteiger partial charge in [0.1, 0.15) is 5.75 Å². The molecule has 112 valence electrons. The summed E-state index contributed by atoms with van der Waals surface area (Å²) in [6.45, 7) is 2.67. The van der Waals surface area contributed by atoms with Crippen LogP contribution in [0.3, 0.4) is 0 Å². The van der Waals surface area contributed by atoms with E-state index in [4.69, 9.17) is 16.6 Å². The summed E-state index contributed by atoms with van der Waals surface area (Å²) >= 11 is 6.07.